The van der Waals surface area contributed by atoms with Gasteiger partial charge in [-0.1, -0.05) is 37.3 Å². The summed E-state index contributed by atoms with van der Waals surface area (Å²) in [6.45, 7) is 2.11. The van der Waals surface area contributed by atoms with Crippen molar-refractivity contribution < 1.29 is 24.5 Å². The van der Waals surface area contributed by atoms with E-state index in [1.54, 1.807) is 12.1 Å². The van der Waals surface area contributed by atoms with Gasteiger partial charge in [-0.15, -0.1) is 0 Å². The zero-order chi connectivity index (χ0) is 19.8. The topological polar surface area (TPSA) is 90.9 Å². The first-order chi connectivity index (χ1) is 13.5. The van der Waals surface area contributed by atoms with Gasteiger partial charge in [-0.2, -0.15) is 0 Å². The van der Waals surface area contributed by atoms with Crippen molar-refractivity contribution in [2.75, 3.05) is 0 Å². The van der Waals surface area contributed by atoms with Crippen molar-refractivity contribution in [2.45, 2.75) is 13.3 Å². The Morgan fingerprint density at radius 2 is 1.50 bits per heavy atom. The van der Waals surface area contributed by atoms with Crippen LogP contribution in [0.3, 0.4) is 0 Å². The van der Waals surface area contributed by atoms with Gasteiger partial charge >= 0.3 is 0 Å². The van der Waals surface area contributed by atoms with E-state index < -0.39 is 23.0 Å². The van der Waals surface area contributed by atoms with E-state index in [4.69, 9.17) is 4.42 Å². The van der Waals surface area contributed by atoms with Crippen LogP contribution in [0.25, 0.3) is 22.1 Å². The highest BCUT2D eigenvalue weighted by Crippen LogP contribution is 2.36. The largest absolute Gasteiger partial charge is 0.504 e. The first-order valence-corrected chi connectivity index (χ1v) is 8.89. The molecule has 140 valence electrons. The van der Waals surface area contributed by atoms with Crippen LogP contribution in [0.2, 0.25) is 0 Å². The predicted octanol–water partition coefficient (Wildman–Crippen LogP) is 5.01. The molecule has 0 aliphatic heterocycles. The summed E-state index contributed by atoms with van der Waals surface area (Å²) in [4.78, 5) is 12.7. The quantitative estimate of drug-likeness (QED) is 0.345. The Bertz CT molecular complexity index is 1160. The molecule has 0 unspecified atom stereocenters. The van der Waals surface area contributed by atoms with E-state index in [-0.39, 0.29) is 11.3 Å². The summed E-state index contributed by atoms with van der Waals surface area (Å²) in [7, 11) is 0. The lowest BCUT2D eigenvalue weighted by Crippen LogP contribution is -1.99. The molecule has 3 N–H and O–H groups in total. The molecule has 0 atom stereocenters. The zero-order valence-electron chi connectivity index (χ0n) is 15.1. The Labute approximate surface area is 161 Å². The summed E-state index contributed by atoms with van der Waals surface area (Å²) in [5.74, 6) is -2.23. The van der Waals surface area contributed by atoms with Gasteiger partial charge in [0.15, 0.2) is 23.0 Å². The molecule has 0 saturated carbocycles. The van der Waals surface area contributed by atoms with E-state index in [1.165, 1.54) is 5.56 Å². The Kier molecular flexibility index (Phi) is 4.28. The number of carbonyl (C=O) groups excluding carboxylic acids is 1. The summed E-state index contributed by atoms with van der Waals surface area (Å²) in [5, 5.41) is 29.5. The molecule has 0 spiro atoms. The third kappa shape index (κ3) is 3.07. The minimum absolute atomic E-state index is 0.0160. The second kappa shape index (κ2) is 6.78. The van der Waals surface area contributed by atoms with E-state index in [9.17, 15) is 20.1 Å². The first kappa shape index (κ1) is 17.7. The summed E-state index contributed by atoms with van der Waals surface area (Å²) >= 11 is 0. The summed E-state index contributed by atoms with van der Waals surface area (Å²) < 4.78 is 5.65. The molecule has 0 bridgehead atoms. The fourth-order valence-corrected chi connectivity index (χ4v) is 3.15. The standard InChI is InChI=1S/C23H18O5/c1-2-13-3-5-14(6-4-13)15-7-8-20-16(9-15)12-21(28-20)22(26)17-10-18(24)23(27)19(25)11-17/h3-12,24-25,27H,2H2,1H3. The normalized spacial score (nSPS) is 11.0. The average Bonchev–Trinajstić information content (AvgIpc) is 3.14. The van der Waals surface area contributed by atoms with Crippen LogP contribution in [0.4, 0.5) is 0 Å². The molecule has 28 heavy (non-hydrogen) atoms. The number of hydrogen-bond acceptors (Lipinski definition) is 5. The Hall–Kier alpha value is -3.73. The van der Waals surface area contributed by atoms with Crippen molar-refractivity contribution in [3.8, 4) is 28.4 Å². The maximum absolute atomic E-state index is 12.7. The van der Waals surface area contributed by atoms with Crippen molar-refractivity contribution in [3.05, 3.63) is 77.6 Å². The van der Waals surface area contributed by atoms with E-state index in [0.29, 0.717) is 5.58 Å². The van der Waals surface area contributed by atoms with Crippen molar-refractivity contribution >= 4 is 16.8 Å². The van der Waals surface area contributed by atoms with Crippen LogP contribution in [-0.2, 0) is 6.42 Å². The van der Waals surface area contributed by atoms with Crippen molar-refractivity contribution in [2.24, 2.45) is 0 Å². The predicted molar refractivity (Wildman–Crippen MR) is 106 cm³/mol. The number of hydrogen-bond donors (Lipinski definition) is 3. The van der Waals surface area contributed by atoms with Crippen LogP contribution in [0.15, 0.2) is 65.1 Å². The molecule has 3 aromatic carbocycles. The van der Waals surface area contributed by atoms with E-state index in [0.717, 1.165) is 35.1 Å². The van der Waals surface area contributed by atoms with Crippen molar-refractivity contribution in [1.82, 2.24) is 0 Å². The molecule has 0 aliphatic carbocycles. The van der Waals surface area contributed by atoms with Gasteiger partial charge in [0.1, 0.15) is 5.58 Å². The summed E-state index contributed by atoms with van der Waals surface area (Å²) in [6, 6.07) is 17.8. The van der Waals surface area contributed by atoms with E-state index in [1.807, 2.05) is 12.1 Å². The molecular formula is C23H18O5. The van der Waals surface area contributed by atoms with Gasteiger partial charge in [0.05, 0.1) is 0 Å². The number of ketones is 1. The number of benzene rings is 3. The van der Waals surface area contributed by atoms with E-state index >= 15 is 0 Å². The monoisotopic (exact) mass is 374 g/mol. The number of furan rings is 1. The second-order valence-corrected chi connectivity index (χ2v) is 6.61. The number of phenols is 3. The van der Waals surface area contributed by atoms with Gasteiger partial charge in [0, 0.05) is 10.9 Å². The third-order valence-corrected chi connectivity index (χ3v) is 4.77. The number of rotatable bonds is 4. The fourth-order valence-electron chi connectivity index (χ4n) is 3.15. The molecule has 4 rings (SSSR count). The molecule has 5 nitrogen and oxygen atoms in total. The SMILES string of the molecule is CCc1ccc(-c2ccc3oc(C(=O)c4cc(O)c(O)c(O)c4)cc3c2)cc1. The van der Waals surface area contributed by atoms with Gasteiger partial charge in [0.25, 0.3) is 0 Å². The fraction of sp³-hybridized carbons (Fsp3) is 0.0870. The minimum atomic E-state index is -0.667. The second-order valence-electron chi connectivity index (χ2n) is 6.61. The van der Waals surface area contributed by atoms with Gasteiger partial charge < -0.3 is 19.7 Å². The molecule has 1 heterocycles. The highest BCUT2D eigenvalue weighted by molar-refractivity contribution is 6.09. The first-order valence-electron chi connectivity index (χ1n) is 8.89. The van der Waals surface area contributed by atoms with Gasteiger partial charge in [-0.3, -0.25) is 4.79 Å². The number of phenolic OH excluding ortho intramolecular Hbond substituents is 3. The van der Waals surface area contributed by atoms with Crippen molar-refractivity contribution in [3.63, 3.8) is 0 Å². The number of carbonyl (C=O) groups is 1. The minimum Gasteiger partial charge on any atom is -0.504 e. The maximum atomic E-state index is 12.7. The molecule has 0 fully saturated rings. The van der Waals surface area contributed by atoms with Crippen LogP contribution in [0, 0.1) is 0 Å². The maximum Gasteiger partial charge on any atom is 0.228 e. The molecule has 1 aromatic heterocycles. The molecule has 0 aliphatic rings. The smallest absolute Gasteiger partial charge is 0.228 e. The molecule has 0 saturated heterocycles. The van der Waals surface area contributed by atoms with Gasteiger partial charge in [0.2, 0.25) is 5.78 Å². The van der Waals surface area contributed by atoms with Crippen LogP contribution >= 0.6 is 0 Å². The zero-order valence-corrected chi connectivity index (χ0v) is 15.1. The Balaban J connectivity index is 1.70. The van der Waals surface area contributed by atoms with Gasteiger partial charge in [-0.05, 0) is 53.4 Å². The molecular weight excluding hydrogens is 356 g/mol. The third-order valence-electron chi connectivity index (χ3n) is 4.77. The summed E-state index contributed by atoms with van der Waals surface area (Å²) in [6.07, 6.45) is 0.981. The Morgan fingerprint density at radius 3 is 2.14 bits per heavy atom. The summed E-state index contributed by atoms with van der Waals surface area (Å²) in [5.41, 5.74) is 3.92. The van der Waals surface area contributed by atoms with Gasteiger partial charge in [-0.25, -0.2) is 0 Å². The number of aryl methyl sites for hydroxylation is 1. The highest BCUT2D eigenvalue weighted by atomic mass is 16.3. The number of aromatic hydroxyl groups is 3. The number of fused-ring (bicyclic) bond motifs is 1. The molecule has 0 radical (unpaired) electrons. The lowest BCUT2D eigenvalue weighted by molar-refractivity contribution is 0.101. The van der Waals surface area contributed by atoms with Crippen LogP contribution in [0.5, 0.6) is 17.2 Å². The van der Waals surface area contributed by atoms with Crippen LogP contribution < -0.4 is 0 Å². The van der Waals surface area contributed by atoms with Crippen LogP contribution in [0.1, 0.15) is 28.6 Å². The van der Waals surface area contributed by atoms with Crippen molar-refractivity contribution in [1.29, 1.82) is 0 Å². The highest BCUT2D eigenvalue weighted by Gasteiger charge is 2.19. The van der Waals surface area contributed by atoms with E-state index in [2.05, 4.69) is 31.2 Å². The molecule has 4 aromatic rings. The molecule has 0 amide bonds. The van der Waals surface area contributed by atoms with Crippen LogP contribution in [-0.4, -0.2) is 21.1 Å². The average molecular weight is 374 g/mol. The Morgan fingerprint density at radius 1 is 0.857 bits per heavy atom. The lowest BCUT2D eigenvalue weighted by atomic mass is 10.0. The molecule has 5 heteroatoms. The lowest BCUT2D eigenvalue weighted by Gasteiger charge is -2.03.